The van der Waals surface area contributed by atoms with Crippen LogP contribution in [0, 0.1) is 6.66 Å². The van der Waals surface area contributed by atoms with Crippen LogP contribution in [-0.4, -0.2) is 23.2 Å². The minimum absolute atomic E-state index is 0.0417. The molecule has 1 unspecified atom stereocenters. The van der Waals surface area contributed by atoms with Gasteiger partial charge in [-0.15, -0.1) is 0 Å². The molecule has 0 rings (SSSR count). The smallest absolute Gasteiger partial charge is 0.328 e. The van der Waals surface area contributed by atoms with Crippen molar-refractivity contribution >= 4 is 7.60 Å². The van der Waals surface area contributed by atoms with Crippen molar-refractivity contribution in [3.8, 4) is 0 Å². The summed E-state index contributed by atoms with van der Waals surface area (Å²) >= 11 is 0. The molecule has 0 aromatic rings. The van der Waals surface area contributed by atoms with Crippen LogP contribution in [-0.2, 0) is 9.09 Å². The SMILES string of the molecule is [CH2]P(=O)(O)OCCCO. The largest absolute Gasteiger partial charge is 0.396 e. The molecular weight excluding hydrogens is 143 g/mol. The summed E-state index contributed by atoms with van der Waals surface area (Å²) in [4.78, 5) is 8.38. The van der Waals surface area contributed by atoms with Gasteiger partial charge in [0.2, 0.25) is 0 Å². The summed E-state index contributed by atoms with van der Waals surface area (Å²) in [5.74, 6) is 0. The quantitative estimate of drug-likeness (QED) is 0.452. The van der Waals surface area contributed by atoms with Crippen LogP contribution in [0.2, 0.25) is 0 Å². The molecule has 0 amide bonds. The molecule has 55 valence electrons. The van der Waals surface area contributed by atoms with E-state index < -0.39 is 7.60 Å². The minimum atomic E-state index is -3.56. The summed E-state index contributed by atoms with van der Waals surface area (Å²) in [6.45, 7) is 2.88. The van der Waals surface area contributed by atoms with Crippen molar-refractivity contribution in [3.63, 3.8) is 0 Å². The van der Waals surface area contributed by atoms with E-state index in [-0.39, 0.29) is 13.2 Å². The second kappa shape index (κ2) is 4.01. The number of hydrogen-bond acceptors (Lipinski definition) is 3. The first-order chi connectivity index (χ1) is 4.06. The highest BCUT2D eigenvalue weighted by Crippen LogP contribution is 2.38. The van der Waals surface area contributed by atoms with Crippen LogP contribution in [0.5, 0.6) is 0 Å². The summed E-state index contributed by atoms with van der Waals surface area (Å²) in [6.07, 6.45) is 0.361. The van der Waals surface area contributed by atoms with Gasteiger partial charge in [-0.05, 0) is 6.42 Å². The van der Waals surface area contributed by atoms with Crippen LogP contribution in [0.15, 0.2) is 0 Å². The second-order valence-electron chi connectivity index (χ2n) is 1.55. The Morgan fingerprint density at radius 3 is 2.56 bits per heavy atom. The van der Waals surface area contributed by atoms with Gasteiger partial charge in [0.05, 0.1) is 13.3 Å². The van der Waals surface area contributed by atoms with Crippen LogP contribution in [0.1, 0.15) is 6.42 Å². The average molecular weight is 153 g/mol. The number of aliphatic hydroxyl groups is 1. The first kappa shape index (κ1) is 9.11. The average Bonchev–Trinajstić information content (AvgIpc) is 1.63. The van der Waals surface area contributed by atoms with Crippen molar-refractivity contribution in [1.29, 1.82) is 0 Å². The van der Waals surface area contributed by atoms with Crippen molar-refractivity contribution in [1.82, 2.24) is 0 Å². The van der Waals surface area contributed by atoms with Gasteiger partial charge in [0.15, 0.2) is 0 Å². The van der Waals surface area contributed by atoms with E-state index >= 15 is 0 Å². The molecule has 0 heterocycles. The molecule has 0 bridgehead atoms. The van der Waals surface area contributed by atoms with Crippen molar-refractivity contribution in [2.24, 2.45) is 0 Å². The third-order valence-electron chi connectivity index (χ3n) is 0.595. The molecule has 0 aliphatic heterocycles. The van der Waals surface area contributed by atoms with E-state index in [1.165, 1.54) is 0 Å². The maximum absolute atomic E-state index is 10.2. The van der Waals surface area contributed by atoms with E-state index in [0.717, 1.165) is 0 Å². The monoisotopic (exact) mass is 153 g/mol. The molecule has 0 aliphatic rings. The third-order valence-corrected chi connectivity index (χ3v) is 1.18. The fourth-order valence-corrected chi connectivity index (χ4v) is 0.686. The summed E-state index contributed by atoms with van der Waals surface area (Å²) in [7, 11) is -3.56. The molecule has 0 aromatic heterocycles. The molecule has 1 radical (unpaired) electrons. The van der Waals surface area contributed by atoms with Crippen molar-refractivity contribution in [3.05, 3.63) is 6.66 Å². The van der Waals surface area contributed by atoms with Gasteiger partial charge in [-0.25, -0.2) is 0 Å². The maximum atomic E-state index is 10.2. The fraction of sp³-hybridized carbons (Fsp3) is 0.750. The standard InChI is InChI=1S/C4H10O4P/c1-9(6,7)8-4-2-3-5/h5H,1-4H2,(H,6,7). The highest BCUT2D eigenvalue weighted by Gasteiger charge is 2.08. The lowest BCUT2D eigenvalue weighted by Gasteiger charge is -2.03. The number of rotatable bonds is 4. The predicted molar refractivity (Wildman–Crippen MR) is 32.8 cm³/mol. The zero-order chi connectivity index (χ0) is 7.33. The Bertz CT molecular complexity index is 107. The first-order valence-corrected chi connectivity index (χ1v) is 4.25. The van der Waals surface area contributed by atoms with Gasteiger partial charge in [0, 0.05) is 6.61 Å². The van der Waals surface area contributed by atoms with Gasteiger partial charge in [0.1, 0.15) is 0 Å². The van der Waals surface area contributed by atoms with Crippen molar-refractivity contribution < 1.29 is 19.1 Å². The van der Waals surface area contributed by atoms with E-state index in [1.807, 2.05) is 0 Å². The van der Waals surface area contributed by atoms with Crippen LogP contribution >= 0.6 is 7.60 Å². The molecule has 0 aromatic carbocycles. The van der Waals surface area contributed by atoms with Crippen LogP contribution in [0.3, 0.4) is 0 Å². The second-order valence-corrected chi connectivity index (χ2v) is 3.08. The molecular formula is C4H10O4P. The first-order valence-electron chi connectivity index (χ1n) is 2.49. The molecule has 4 nitrogen and oxygen atoms in total. The third kappa shape index (κ3) is 8.11. The van der Waals surface area contributed by atoms with Crippen LogP contribution in [0.4, 0.5) is 0 Å². The number of aliphatic hydroxyl groups excluding tert-OH is 1. The molecule has 9 heavy (non-hydrogen) atoms. The van der Waals surface area contributed by atoms with Gasteiger partial charge in [-0.1, -0.05) is 0 Å². The highest BCUT2D eigenvalue weighted by molar-refractivity contribution is 7.54. The van der Waals surface area contributed by atoms with Gasteiger partial charge in [-0.3, -0.25) is 4.57 Å². The van der Waals surface area contributed by atoms with Gasteiger partial charge in [0.25, 0.3) is 0 Å². The highest BCUT2D eigenvalue weighted by atomic mass is 31.2. The van der Waals surface area contributed by atoms with Gasteiger partial charge >= 0.3 is 7.60 Å². The Labute approximate surface area is 54.0 Å². The molecule has 2 N–H and O–H groups in total. The lowest BCUT2D eigenvalue weighted by Crippen LogP contribution is -1.93. The maximum Gasteiger partial charge on any atom is 0.328 e. The lowest BCUT2D eigenvalue weighted by atomic mass is 10.5. The van der Waals surface area contributed by atoms with E-state index in [2.05, 4.69) is 11.2 Å². The summed E-state index contributed by atoms with van der Waals surface area (Å²) < 4.78 is 14.5. The molecule has 0 saturated carbocycles. The zero-order valence-electron chi connectivity index (χ0n) is 4.99. The molecule has 0 saturated heterocycles. The topological polar surface area (TPSA) is 66.8 Å². The minimum Gasteiger partial charge on any atom is -0.396 e. The zero-order valence-corrected chi connectivity index (χ0v) is 5.88. The van der Waals surface area contributed by atoms with E-state index in [4.69, 9.17) is 10.00 Å². The van der Waals surface area contributed by atoms with Crippen molar-refractivity contribution in [2.75, 3.05) is 13.2 Å². The van der Waals surface area contributed by atoms with E-state index in [0.29, 0.717) is 6.42 Å². The van der Waals surface area contributed by atoms with Crippen LogP contribution in [0.25, 0.3) is 0 Å². The summed E-state index contributed by atoms with van der Waals surface area (Å²) in [5.41, 5.74) is 0. The van der Waals surface area contributed by atoms with Gasteiger partial charge < -0.3 is 14.5 Å². The number of hydrogen-bond donors (Lipinski definition) is 2. The summed E-state index contributed by atoms with van der Waals surface area (Å²) in [5, 5.41) is 8.19. The Kier molecular flexibility index (Phi) is 4.06. The Morgan fingerprint density at radius 1 is 1.67 bits per heavy atom. The van der Waals surface area contributed by atoms with Crippen LogP contribution < -0.4 is 0 Å². The molecule has 1 atom stereocenters. The lowest BCUT2D eigenvalue weighted by molar-refractivity contribution is 0.218. The van der Waals surface area contributed by atoms with Crippen molar-refractivity contribution in [2.45, 2.75) is 6.42 Å². The molecule has 0 aliphatic carbocycles. The Morgan fingerprint density at radius 2 is 2.22 bits per heavy atom. The molecule has 0 spiro atoms. The predicted octanol–water partition coefficient (Wildman–Crippen LogP) is 0.362. The van der Waals surface area contributed by atoms with E-state index in [9.17, 15) is 4.57 Å². The fourth-order valence-electron chi connectivity index (χ4n) is 0.272. The summed E-state index contributed by atoms with van der Waals surface area (Å²) in [6, 6.07) is 0. The van der Waals surface area contributed by atoms with E-state index in [1.54, 1.807) is 0 Å². The normalized spacial score (nSPS) is 17.2. The molecule has 5 heteroatoms. The molecule has 0 fully saturated rings. The Balaban J connectivity index is 3.18. The Hall–Kier alpha value is 0.110. The van der Waals surface area contributed by atoms with Gasteiger partial charge in [-0.2, -0.15) is 0 Å².